The summed E-state index contributed by atoms with van der Waals surface area (Å²) in [5.74, 6) is 0. The van der Waals surface area contributed by atoms with Crippen molar-refractivity contribution < 1.29 is 0 Å². The molecule has 0 spiro atoms. The molecule has 21 heavy (non-hydrogen) atoms. The number of aryl methyl sites for hydroxylation is 1. The van der Waals surface area contributed by atoms with Crippen LogP contribution in [0.4, 0.5) is 0 Å². The molecule has 4 rings (SSSR count). The van der Waals surface area contributed by atoms with Gasteiger partial charge in [0.2, 0.25) is 0 Å². The monoisotopic (exact) mass is 277 g/mol. The Morgan fingerprint density at radius 1 is 1.38 bits per heavy atom. The number of pyridine rings is 1. The maximum Gasteiger partial charge on any atom is 0.0995 e. The standard InChI is InChI=1S/C18H19N3/c1-13-11-20-6-4-15(13)16-9-17-5-3-7-21(2)18(17,12-17)8-14(16)10-19/h4,6,8-9,11H,3,5,7,12H2,1-2H3. The molecule has 1 aliphatic heterocycles. The second kappa shape index (κ2) is 4.05. The van der Waals surface area contributed by atoms with E-state index in [1.54, 1.807) is 0 Å². The van der Waals surface area contributed by atoms with Gasteiger partial charge in [-0.1, -0.05) is 6.08 Å². The Kier molecular flexibility index (Phi) is 2.47. The van der Waals surface area contributed by atoms with Crippen LogP contribution in [0, 0.1) is 23.7 Å². The topological polar surface area (TPSA) is 39.9 Å². The van der Waals surface area contributed by atoms with Crippen LogP contribution in [0.15, 0.2) is 36.2 Å². The van der Waals surface area contributed by atoms with Crippen molar-refractivity contribution >= 4 is 5.57 Å². The molecule has 2 fully saturated rings. The SMILES string of the molecule is Cc1cnccc1C1=CC23CCCN(C)C2(C=C1C#N)C3. The third kappa shape index (κ3) is 1.54. The van der Waals surface area contributed by atoms with Crippen LogP contribution < -0.4 is 0 Å². The van der Waals surface area contributed by atoms with Gasteiger partial charge in [0, 0.05) is 17.8 Å². The van der Waals surface area contributed by atoms with Crippen LogP contribution >= 0.6 is 0 Å². The molecule has 2 heterocycles. The van der Waals surface area contributed by atoms with Gasteiger partial charge in [-0.25, -0.2) is 0 Å². The smallest absolute Gasteiger partial charge is 0.0995 e. The highest BCUT2D eigenvalue weighted by atomic mass is 15.2. The first kappa shape index (κ1) is 12.8. The second-order valence-electron chi connectivity index (χ2n) is 6.70. The van der Waals surface area contributed by atoms with Crippen LogP contribution in [0.5, 0.6) is 0 Å². The fourth-order valence-corrected chi connectivity index (χ4v) is 4.40. The summed E-state index contributed by atoms with van der Waals surface area (Å²) in [5, 5.41) is 9.63. The van der Waals surface area contributed by atoms with Crippen molar-refractivity contribution in [1.29, 1.82) is 5.26 Å². The molecule has 2 aliphatic carbocycles. The Balaban J connectivity index is 1.87. The summed E-state index contributed by atoms with van der Waals surface area (Å²) in [6.45, 7) is 3.20. The summed E-state index contributed by atoms with van der Waals surface area (Å²) in [6.07, 6.45) is 12.0. The molecule has 106 valence electrons. The van der Waals surface area contributed by atoms with Crippen LogP contribution in [0.2, 0.25) is 0 Å². The van der Waals surface area contributed by atoms with E-state index in [0.717, 1.165) is 35.2 Å². The molecule has 0 amide bonds. The zero-order valence-electron chi connectivity index (χ0n) is 12.6. The summed E-state index contributed by atoms with van der Waals surface area (Å²) in [6, 6.07) is 4.46. The Morgan fingerprint density at radius 3 is 3.00 bits per heavy atom. The quantitative estimate of drug-likeness (QED) is 0.792. The lowest BCUT2D eigenvalue weighted by Gasteiger charge is -2.38. The van der Waals surface area contributed by atoms with E-state index in [9.17, 15) is 5.26 Å². The lowest BCUT2D eigenvalue weighted by atomic mass is 9.79. The van der Waals surface area contributed by atoms with Crippen molar-refractivity contribution in [3.8, 4) is 6.07 Å². The third-order valence-electron chi connectivity index (χ3n) is 5.64. The van der Waals surface area contributed by atoms with Gasteiger partial charge in [-0.05, 0) is 68.6 Å². The van der Waals surface area contributed by atoms with E-state index in [1.807, 2.05) is 18.5 Å². The van der Waals surface area contributed by atoms with Crippen molar-refractivity contribution in [1.82, 2.24) is 9.88 Å². The third-order valence-corrected chi connectivity index (χ3v) is 5.64. The highest BCUT2D eigenvalue weighted by Gasteiger charge is 2.69. The number of allylic oxidation sites excluding steroid dienone is 2. The minimum atomic E-state index is 0.112. The summed E-state index contributed by atoms with van der Waals surface area (Å²) in [7, 11) is 2.20. The van der Waals surface area contributed by atoms with Gasteiger partial charge in [0.15, 0.2) is 0 Å². The lowest BCUT2D eigenvalue weighted by Crippen LogP contribution is -2.43. The van der Waals surface area contributed by atoms with E-state index in [0.29, 0.717) is 0 Å². The second-order valence-corrected chi connectivity index (χ2v) is 6.70. The normalized spacial score (nSPS) is 34.1. The Bertz CT molecular complexity index is 724. The predicted octanol–water partition coefficient (Wildman–Crippen LogP) is 3.09. The maximum absolute atomic E-state index is 9.63. The van der Waals surface area contributed by atoms with Gasteiger partial charge >= 0.3 is 0 Å². The van der Waals surface area contributed by atoms with Crippen molar-refractivity contribution in [2.75, 3.05) is 13.6 Å². The van der Waals surface area contributed by atoms with Crippen molar-refractivity contribution in [2.45, 2.75) is 31.7 Å². The highest BCUT2D eigenvalue weighted by Crippen LogP contribution is 2.69. The molecular weight excluding hydrogens is 258 g/mol. The van der Waals surface area contributed by atoms with Crippen LogP contribution in [0.1, 0.15) is 30.4 Å². The minimum absolute atomic E-state index is 0.112. The van der Waals surface area contributed by atoms with Crippen molar-refractivity contribution in [2.24, 2.45) is 5.41 Å². The Morgan fingerprint density at radius 2 is 2.24 bits per heavy atom. The van der Waals surface area contributed by atoms with Crippen molar-refractivity contribution in [3.05, 3.63) is 47.3 Å². The number of nitriles is 1. The van der Waals surface area contributed by atoms with Gasteiger partial charge in [0.1, 0.15) is 0 Å². The zero-order chi connectivity index (χ0) is 14.7. The van der Waals surface area contributed by atoms with Gasteiger partial charge in [-0.3, -0.25) is 9.88 Å². The number of rotatable bonds is 1. The van der Waals surface area contributed by atoms with Crippen LogP contribution in [-0.4, -0.2) is 29.0 Å². The fraction of sp³-hybridized carbons (Fsp3) is 0.444. The molecule has 0 aromatic carbocycles. The van der Waals surface area contributed by atoms with E-state index in [2.05, 4.69) is 42.1 Å². The van der Waals surface area contributed by atoms with E-state index >= 15 is 0 Å². The number of piperidine rings is 1. The average Bonchev–Trinajstić information content (AvgIpc) is 3.17. The molecule has 3 nitrogen and oxygen atoms in total. The molecule has 3 aliphatic rings. The van der Waals surface area contributed by atoms with Gasteiger partial charge in [0.05, 0.1) is 17.2 Å². The number of likely N-dealkylation sites (tertiary alicyclic amines) is 1. The minimum Gasteiger partial charge on any atom is -0.296 e. The van der Waals surface area contributed by atoms with Crippen LogP contribution in [0.25, 0.3) is 5.57 Å². The molecule has 1 aromatic rings. The Hall–Kier alpha value is -1.92. The highest BCUT2D eigenvalue weighted by molar-refractivity contribution is 5.87. The molecule has 0 N–H and O–H groups in total. The molecular formula is C18H19N3. The number of aromatic nitrogens is 1. The van der Waals surface area contributed by atoms with Crippen molar-refractivity contribution in [3.63, 3.8) is 0 Å². The first-order valence-corrected chi connectivity index (χ1v) is 7.60. The maximum atomic E-state index is 9.63. The van der Waals surface area contributed by atoms with E-state index in [4.69, 9.17) is 0 Å². The molecule has 1 saturated heterocycles. The van der Waals surface area contributed by atoms with Gasteiger partial charge in [-0.15, -0.1) is 0 Å². The van der Waals surface area contributed by atoms with Crippen LogP contribution in [-0.2, 0) is 0 Å². The first-order valence-electron chi connectivity index (χ1n) is 7.60. The lowest BCUT2D eigenvalue weighted by molar-refractivity contribution is 0.177. The molecule has 1 aromatic heterocycles. The predicted molar refractivity (Wildman–Crippen MR) is 82.3 cm³/mol. The van der Waals surface area contributed by atoms with E-state index in [-0.39, 0.29) is 11.0 Å². The number of hydrogen-bond acceptors (Lipinski definition) is 3. The first-order chi connectivity index (χ1) is 10.1. The molecule has 3 heteroatoms. The number of likely N-dealkylation sites (N-methyl/N-ethyl adjacent to an activating group) is 1. The summed E-state index contributed by atoms with van der Waals surface area (Å²) < 4.78 is 0. The molecule has 1 saturated carbocycles. The molecule has 0 bridgehead atoms. The van der Waals surface area contributed by atoms with E-state index < -0.39 is 0 Å². The van der Waals surface area contributed by atoms with Crippen LogP contribution in [0.3, 0.4) is 0 Å². The van der Waals surface area contributed by atoms with Gasteiger partial charge in [0.25, 0.3) is 0 Å². The summed E-state index contributed by atoms with van der Waals surface area (Å²) in [5.41, 5.74) is 4.60. The number of hydrogen-bond donors (Lipinski definition) is 0. The zero-order valence-corrected chi connectivity index (χ0v) is 12.6. The molecule has 2 atom stereocenters. The van der Waals surface area contributed by atoms with Gasteiger partial charge in [-0.2, -0.15) is 5.26 Å². The van der Waals surface area contributed by atoms with Gasteiger partial charge < -0.3 is 0 Å². The molecule has 0 radical (unpaired) electrons. The molecule has 2 unspecified atom stereocenters. The number of nitrogens with zero attached hydrogens (tertiary/aromatic N) is 3. The van der Waals surface area contributed by atoms with E-state index in [1.165, 1.54) is 12.8 Å². The fourth-order valence-electron chi connectivity index (χ4n) is 4.40. The summed E-state index contributed by atoms with van der Waals surface area (Å²) >= 11 is 0. The Labute approximate surface area is 125 Å². The summed E-state index contributed by atoms with van der Waals surface area (Å²) in [4.78, 5) is 6.62. The average molecular weight is 277 g/mol. The largest absolute Gasteiger partial charge is 0.296 e.